The average molecular weight is 509 g/mol. The van der Waals surface area contributed by atoms with Crippen LogP contribution in [0.15, 0.2) is 0 Å². The van der Waals surface area contributed by atoms with E-state index in [1.807, 2.05) is 0 Å². The van der Waals surface area contributed by atoms with Crippen LogP contribution in [-0.4, -0.2) is 60.9 Å². The first kappa shape index (κ1) is 29.0. The predicted molar refractivity (Wildman–Crippen MR) is 83.7 cm³/mol. The standard InChI is InChI=1S/3C5H8O2.Bi/c3*1-4(6)3-5(2)7;/h3*3H2,1-2H3;. The molecule has 125 valence electrons. The number of Topliss-reactive ketones (excluding diaryl/α,β-unsaturated/α-hetero) is 6. The van der Waals surface area contributed by atoms with Crippen LogP contribution in [0.5, 0.6) is 0 Å². The molecular formula is C15H24BiO6. The normalized spacial score (nSPS) is 7.91. The number of hydrogen-bond acceptors (Lipinski definition) is 6. The average Bonchev–Trinajstić information content (AvgIpc) is 2.10. The fraction of sp³-hybridized carbons (Fsp3) is 0.600. The third-order valence-electron chi connectivity index (χ3n) is 1.49. The molecule has 0 heterocycles. The molecule has 0 aromatic heterocycles. The van der Waals surface area contributed by atoms with Crippen LogP contribution in [0.2, 0.25) is 0 Å². The van der Waals surface area contributed by atoms with Crippen molar-refractivity contribution in [3.05, 3.63) is 0 Å². The van der Waals surface area contributed by atoms with Gasteiger partial charge in [0.2, 0.25) is 0 Å². The molecule has 6 nitrogen and oxygen atoms in total. The Labute approximate surface area is 150 Å². The van der Waals surface area contributed by atoms with E-state index >= 15 is 0 Å². The Kier molecular flexibility index (Phi) is 23.7. The Bertz CT molecular complexity index is 314. The molecule has 0 aromatic carbocycles. The summed E-state index contributed by atoms with van der Waals surface area (Å²) in [6.45, 7) is 8.42. The van der Waals surface area contributed by atoms with Crippen LogP contribution >= 0.6 is 0 Å². The molecule has 0 aliphatic rings. The molecule has 22 heavy (non-hydrogen) atoms. The molecule has 0 N–H and O–H groups in total. The molecule has 0 fully saturated rings. The summed E-state index contributed by atoms with van der Waals surface area (Å²) in [6, 6.07) is 0. The van der Waals surface area contributed by atoms with E-state index in [0.29, 0.717) is 0 Å². The van der Waals surface area contributed by atoms with Crippen molar-refractivity contribution in [2.45, 2.75) is 60.8 Å². The number of ketones is 6. The van der Waals surface area contributed by atoms with Crippen LogP contribution in [0.4, 0.5) is 0 Å². The second-order valence-corrected chi connectivity index (χ2v) is 4.74. The van der Waals surface area contributed by atoms with Gasteiger partial charge in [0.25, 0.3) is 0 Å². The van der Waals surface area contributed by atoms with Crippen LogP contribution in [-0.2, 0) is 28.8 Å². The van der Waals surface area contributed by atoms with Gasteiger partial charge >= 0.3 is 0 Å². The van der Waals surface area contributed by atoms with E-state index in [2.05, 4.69) is 0 Å². The SMILES string of the molecule is CC(=O)CC(C)=O.CC(=O)CC(C)=O.CC(=O)CC(C)=O.[Bi]. The molecule has 0 saturated heterocycles. The summed E-state index contributed by atoms with van der Waals surface area (Å²) >= 11 is 0. The fourth-order valence-electron chi connectivity index (χ4n) is 1.05. The van der Waals surface area contributed by atoms with Gasteiger partial charge in [0.15, 0.2) is 0 Å². The van der Waals surface area contributed by atoms with Gasteiger partial charge in [-0.15, -0.1) is 0 Å². The van der Waals surface area contributed by atoms with Crippen LogP contribution in [0.1, 0.15) is 60.8 Å². The van der Waals surface area contributed by atoms with Crippen molar-refractivity contribution in [1.82, 2.24) is 0 Å². The number of hydrogen-bond donors (Lipinski definition) is 0. The predicted octanol–water partition coefficient (Wildman–Crippen LogP) is 1.28. The molecule has 0 spiro atoms. The molecule has 0 rings (SSSR count). The quantitative estimate of drug-likeness (QED) is 0.395. The van der Waals surface area contributed by atoms with Gasteiger partial charge in [0, 0.05) is 26.2 Å². The van der Waals surface area contributed by atoms with Crippen LogP contribution < -0.4 is 0 Å². The van der Waals surface area contributed by atoms with Crippen molar-refractivity contribution in [2.75, 3.05) is 0 Å². The molecule has 0 bridgehead atoms. The third kappa shape index (κ3) is 51.0. The molecule has 0 aliphatic heterocycles. The smallest absolute Gasteiger partial charge is 0.137 e. The first-order valence-electron chi connectivity index (χ1n) is 6.35. The van der Waals surface area contributed by atoms with Gasteiger partial charge in [0.05, 0.1) is 19.3 Å². The maximum Gasteiger partial charge on any atom is 0.137 e. The minimum atomic E-state index is -0.0625. The van der Waals surface area contributed by atoms with E-state index in [-0.39, 0.29) is 80.2 Å². The number of rotatable bonds is 6. The zero-order chi connectivity index (χ0) is 17.6. The summed E-state index contributed by atoms with van der Waals surface area (Å²) in [4.78, 5) is 60.2. The van der Waals surface area contributed by atoms with Crippen molar-refractivity contribution < 1.29 is 28.8 Å². The summed E-state index contributed by atoms with van der Waals surface area (Å²) in [5.74, 6) is -0.375. The first-order valence-corrected chi connectivity index (χ1v) is 6.35. The van der Waals surface area contributed by atoms with Gasteiger partial charge in [0.1, 0.15) is 34.7 Å². The van der Waals surface area contributed by atoms with Gasteiger partial charge in [-0.05, 0) is 41.5 Å². The van der Waals surface area contributed by atoms with Crippen molar-refractivity contribution in [3.8, 4) is 0 Å². The molecule has 0 unspecified atom stereocenters. The zero-order valence-electron chi connectivity index (χ0n) is 14.0. The van der Waals surface area contributed by atoms with E-state index in [1.165, 1.54) is 41.5 Å². The van der Waals surface area contributed by atoms with E-state index in [4.69, 9.17) is 0 Å². The summed E-state index contributed by atoms with van der Waals surface area (Å²) in [5.41, 5.74) is 0. The molecule has 0 atom stereocenters. The van der Waals surface area contributed by atoms with E-state index in [9.17, 15) is 28.8 Å². The summed E-state index contributed by atoms with van der Waals surface area (Å²) in [5, 5.41) is 0. The Morgan fingerprint density at radius 1 is 0.409 bits per heavy atom. The maximum absolute atomic E-state index is 10.0. The second-order valence-electron chi connectivity index (χ2n) is 4.74. The molecular weight excluding hydrogens is 485 g/mol. The monoisotopic (exact) mass is 509 g/mol. The summed E-state index contributed by atoms with van der Waals surface area (Å²) in [7, 11) is 0. The van der Waals surface area contributed by atoms with Crippen molar-refractivity contribution in [1.29, 1.82) is 0 Å². The first-order chi connectivity index (χ1) is 9.38. The topological polar surface area (TPSA) is 102 Å². The number of carbonyl (C=O) groups is 6. The fourth-order valence-corrected chi connectivity index (χ4v) is 1.05. The third-order valence-corrected chi connectivity index (χ3v) is 1.49. The van der Waals surface area contributed by atoms with Gasteiger partial charge in [-0.3, -0.25) is 28.8 Å². The summed E-state index contributed by atoms with van der Waals surface area (Å²) in [6.07, 6.45) is 0.250. The zero-order valence-corrected chi connectivity index (χ0v) is 17.5. The van der Waals surface area contributed by atoms with Gasteiger partial charge < -0.3 is 0 Å². The second kappa shape index (κ2) is 18.0. The van der Waals surface area contributed by atoms with E-state index in [0.717, 1.165) is 0 Å². The Hall–Kier alpha value is -1.10. The Morgan fingerprint density at radius 2 is 0.500 bits per heavy atom. The van der Waals surface area contributed by atoms with Gasteiger partial charge in [-0.2, -0.15) is 0 Å². The molecule has 0 saturated carbocycles. The maximum atomic E-state index is 10.0. The Balaban J connectivity index is -0.000000108. The molecule has 3 radical (unpaired) electrons. The van der Waals surface area contributed by atoms with Crippen molar-refractivity contribution in [3.63, 3.8) is 0 Å². The number of carbonyl (C=O) groups excluding carboxylic acids is 6. The van der Waals surface area contributed by atoms with E-state index in [1.54, 1.807) is 0 Å². The molecule has 0 aliphatic carbocycles. The van der Waals surface area contributed by atoms with E-state index < -0.39 is 0 Å². The van der Waals surface area contributed by atoms with Crippen molar-refractivity contribution >= 4 is 60.9 Å². The minimum absolute atomic E-state index is 0. The Morgan fingerprint density at radius 3 is 0.500 bits per heavy atom. The molecule has 0 aromatic rings. The minimum Gasteiger partial charge on any atom is -0.300 e. The molecule has 7 heteroatoms. The summed E-state index contributed by atoms with van der Waals surface area (Å²) < 4.78 is 0. The van der Waals surface area contributed by atoms with Gasteiger partial charge in [-0.1, -0.05) is 0 Å². The van der Waals surface area contributed by atoms with Crippen LogP contribution in [0, 0.1) is 0 Å². The van der Waals surface area contributed by atoms with Gasteiger partial charge in [-0.25, -0.2) is 0 Å². The largest absolute Gasteiger partial charge is 0.300 e. The van der Waals surface area contributed by atoms with Crippen molar-refractivity contribution in [2.24, 2.45) is 0 Å². The van der Waals surface area contributed by atoms with Crippen LogP contribution in [0.25, 0.3) is 0 Å². The van der Waals surface area contributed by atoms with Crippen LogP contribution in [0.3, 0.4) is 0 Å². The molecule has 0 amide bonds.